The molecule has 1 aromatic carbocycles. The molecule has 0 atom stereocenters. The lowest BCUT2D eigenvalue weighted by Gasteiger charge is -2.19. The van der Waals surface area contributed by atoms with Crippen LogP contribution >= 0.6 is 0 Å². The van der Waals surface area contributed by atoms with E-state index in [1.807, 2.05) is 46.0 Å². The Balaban J connectivity index is 1.71. The summed E-state index contributed by atoms with van der Waals surface area (Å²) in [5.41, 5.74) is 7.62. The van der Waals surface area contributed by atoms with E-state index < -0.39 is 11.7 Å². The van der Waals surface area contributed by atoms with Crippen LogP contribution in [0.1, 0.15) is 38.8 Å². The molecule has 2 aromatic heterocycles. The van der Waals surface area contributed by atoms with Crippen LogP contribution in [-0.4, -0.2) is 33.2 Å². The Morgan fingerprint density at radius 3 is 2.86 bits per heavy atom. The van der Waals surface area contributed by atoms with Crippen molar-refractivity contribution in [2.75, 3.05) is 12.3 Å². The van der Waals surface area contributed by atoms with Crippen molar-refractivity contribution < 1.29 is 18.8 Å². The zero-order valence-electron chi connectivity index (χ0n) is 16.5. The number of fused-ring (bicyclic) bond motifs is 1. The van der Waals surface area contributed by atoms with Gasteiger partial charge in [0.2, 0.25) is 0 Å². The number of carbonyl (C=O) groups is 1. The minimum atomic E-state index is -0.535. The van der Waals surface area contributed by atoms with Gasteiger partial charge in [0.25, 0.3) is 0 Å². The fraction of sp³-hybridized carbons (Fsp3) is 0.421. The Bertz CT molecular complexity index is 971. The van der Waals surface area contributed by atoms with Crippen molar-refractivity contribution in [2.24, 2.45) is 0 Å². The third-order valence-electron chi connectivity index (χ3n) is 3.84. The number of alkyl carbamates (subject to hydrolysis) is 1. The molecule has 3 rings (SSSR count). The Kier molecular flexibility index (Phi) is 5.43. The highest BCUT2D eigenvalue weighted by atomic mass is 16.6. The first-order chi connectivity index (χ1) is 13.2. The molecule has 3 aromatic rings. The summed E-state index contributed by atoms with van der Waals surface area (Å²) in [5, 5.41) is 11.6. The Hall–Kier alpha value is -3.23. The molecule has 0 bridgehead atoms. The number of hydrogen-bond acceptors (Lipinski definition) is 7. The normalized spacial score (nSPS) is 11.6. The summed E-state index contributed by atoms with van der Waals surface area (Å²) in [7, 11) is 0. The molecular formula is C19H25N5O4. The maximum Gasteiger partial charge on any atom is 0.407 e. The molecule has 9 nitrogen and oxygen atoms in total. The minimum Gasteiger partial charge on any atom is -0.493 e. The van der Waals surface area contributed by atoms with Gasteiger partial charge in [-0.1, -0.05) is 5.16 Å². The molecule has 0 spiro atoms. The van der Waals surface area contributed by atoms with Gasteiger partial charge in [-0.2, -0.15) is 5.10 Å². The third kappa shape index (κ3) is 4.73. The van der Waals surface area contributed by atoms with Crippen LogP contribution in [0.2, 0.25) is 0 Å². The van der Waals surface area contributed by atoms with Crippen LogP contribution in [0.5, 0.6) is 5.75 Å². The molecule has 9 heteroatoms. The Labute approximate surface area is 162 Å². The first-order valence-electron chi connectivity index (χ1n) is 9.04. The molecule has 3 N–H and O–H groups in total. The number of rotatable bonds is 6. The monoisotopic (exact) mass is 387 g/mol. The van der Waals surface area contributed by atoms with Gasteiger partial charge in [0.05, 0.1) is 24.7 Å². The molecule has 150 valence electrons. The van der Waals surface area contributed by atoms with Gasteiger partial charge in [-0.05, 0) is 39.8 Å². The fourth-order valence-corrected chi connectivity index (χ4v) is 2.69. The first kappa shape index (κ1) is 19.5. The zero-order chi connectivity index (χ0) is 20.3. The second kappa shape index (κ2) is 7.79. The van der Waals surface area contributed by atoms with Crippen molar-refractivity contribution in [1.82, 2.24) is 20.3 Å². The summed E-state index contributed by atoms with van der Waals surface area (Å²) in [6.45, 7) is 8.69. The first-order valence-corrected chi connectivity index (χ1v) is 9.04. The number of nitrogens with two attached hydrogens (primary N) is 1. The zero-order valence-corrected chi connectivity index (χ0v) is 16.5. The number of benzene rings is 1. The number of carbonyl (C=O) groups excluding carboxylic acids is 1. The molecule has 0 aliphatic heterocycles. The SMILES string of the molecule is CCOc1cc2c(N)noc2cc1Cn1cc(CNC(=O)OC(C)(C)C)cn1. The summed E-state index contributed by atoms with van der Waals surface area (Å²) in [6, 6.07) is 3.68. The average molecular weight is 387 g/mol. The topological polar surface area (TPSA) is 117 Å². The molecule has 2 heterocycles. The third-order valence-corrected chi connectivity index (χ3v) is 3.84. The predicted molar refractivity (Wildman–Crippen MR) is 104 cm³/mol. The van der Waals surface area contributed by atoms with Crippen molar-refractivity contribution in [1.29, 1.82) is 0 Å². The number of anilines is 1. The number of amides is 1. The predicted octanol–water partition coefficient (Wildman–Crippen LogP) is 3.08. The van der Waals surface area contributed by atoms with Crippen LogP contribution in [0.15, 0.2) is 29.0 Å². The maximum atomic E-state index is 11.8. The molecule has 0 aliphatic carbocycles. The maximum absolute atomic E-state index is 11.8. The summed E-state index contributed by atoms with van der Waals surface area (Å²) >= 11 is 0. The number of aromatic nitrogens is 3. The van der Waals surface area contributed by atoms with Gasteiger partial charge < -0.3 is 25.0 Å². The van der Waals surface area contributed by atoms with E-state index in [1.165, 1.54) is 0 Å². The van der Waals surface area contributed by atoms with Crippen LogP contribution < -0.4 is 15.8 Å². The Morgan fingerprint density at radius 1 is 1.36 bits per heavy atom. The number of nitrogen functional groups attached to an aromatic ring is 1. The molecular weight excluding hydrogens is 362 g/mol. The smallest absolute Gasteiger partial charge is 0.407 e. The van der Waals surface area contributed by atoms with Gasteiger partial charge >= 0.3 is 6.09 Å². The second-order valence-electron chi connectivity index (χ2n) is 7.36. The highest BCUT2D eigenvalue weighted by Gasteiger charge is 2.16. The van der Waals surface area contributed by atoms with Crippen LogP contribution in [0.4, 0.5) is 10.6 Å². The lowest BCUT2D eigenvalue weighted by Crippen LogP contribution is -2.32. The minimum absolute atomic E-state index is 0.324. The number of nitrogens with one attached hydrogen (secondary N) is 1. The van der Waals surface area contributed by atoms with Gasteiger partial charge in [0, 0.05) is 23.9 Å². The number of nitrogens with zero attached hydrogens (tertiary/aromatic N) is 3. The van der Waals surface area contributed by atoms with Crippen molar-refractivity contribution >= 4 is 22.9 Å². The summed E-state index contributed by atoms with van der Waals surface area (Å²) < 4.78 is 18.0. The van der Waals surface area contributed by atoms with Gasteiger partial charge in [-0.3, -0.25) is 4.68 Å². The second-order valence-corrected chi connectivity index (χ2v) is 7.36. The molecule has 28 heavy (non-hydrogen) atoms. The highest BCUT2D eigenvalue weighted by Crippen LogP contribution is 2.30. The van der Waals surface area contributed by atoms with Gasteiger partial charge in [0.1, 0.15) is 11.4 Å². The van der Waals surface area contributed by atoms with Crippen molar-refractivity contribution in [3.05, 3.63) is 35.7 Å². The fourth-order valence-electron chi connectivity index (χ4n) is 2.69. The van der Waals surface area contributed by atoms with Crippen molar-refractivity contribution in [3.63, 3.8) is 0 Å². The number of hydrogen-bond donors (Lipinski definition) is 2. The van der Waals surface area contributed by atoms with E-state index in [1.54, 1.807) is 10.9 Å². The molecule has 0 unspecified atom stereocenters. The number of ether oxygens (including phenoxy) is 2. The van der Waals surface area contributed by atoms with Crippen molar-refractivity contribution in [2.45, 2.75) is 46.4 Å². The van der Waals surface area contributed by atoms with E-state index >= 15 is 0 Å². The van der Waals surface area contributed by atoms with Gasteiger partial charge in [-0.15, -0.1) is 0 Å². The Morgan fingerprint density at radius 2 is 2.14 bits per heavy atom. The van der Waals surface area contributed by atoms with E-state index in [0.29, 0.717) is 36.8 Å². The highest BCUT2D eigenvalue weighted by molar-refractivity contribution is 5.88. The van der Waals surface area contributed by atoms with E-state index in [4.69, 9.17) is 19.7 Å². The molecule has 0 saturated carbocycles. The summed E-state index contributed by atoms with van der Waals surface area (Å²) in [5.74, 6) is 1.03. The van der Waals surface area contributed by atoms with Crippen LogP contribution in [0, 0.1) is 0 Å². The van der Waals surface area contributed by atoms with Crippen molar-refractivity contribution in [3.8, 4) is 5.75 Å². The standard InChI is InChI=1S/C19H25N5O4/c1-5-26-15-7-14-16(28-23-17(14)20)6-13(15)11-24-10-12(9-22-24)8-21-18(25)27-19(2,3)4/h6-7,9-10H,5,8,11H2,1-4H3,(H2,20,23)(H,21,25). The molecule has 0 fully saturated rings. The quantitative estimate of drug-likeness (QED) is 0.667. The molecule has 0 saturated heterocycles. The summed E-state index contributed by atoms with van der Waals surface area (Å²) in [4.78, 5) is 11.8. The lowest BCUT2D eigenvalue weighted by molar-refractivity contribution is 0.0523. The summed E-state index contributed by atoms with van der Waals surface area (Å²) in [6.07, 6.45) is 3.08. The lowest BCUT2D eigenvalue weighted by atomic mass is 10.1. The average Bonchev–Trinajstić information content (AvgIpc) is 3.19. The molecule has 1 amide bonds. The van der Waals surface area contributed by atoms with E-state index in [0.717, 1.165) is 16.5 Å². The van der Waals surface area contributed by atoms with Gasteiger partial charge in [0.15, 0.2) is 11.4 Å². The molecule has 0 radical (unpaired) electrons. The molecule has 0 aliphatic rings. The van der Waals surface area contributed by atoms with Crippen LogP contribution in [0.3, 0.4) is 0 Å². The van der Waals surface area contributed by atoms with Crippen LogP contribution in [0.25, 0.3) is 11.0 Å². The van der Waals surface area contributed by atoms with E-state index in [9.17, 15) is 4.79 Å². The largest absolute Gasteiger partial charge is 0.493 e. The van der Waals surface area contributed by atoms with E-state index in [-0.39, 0.29) is 0 Å². The van der Waals surface area contributed by atoms with Gasteiger partial charge in [-0.25, -0.2) is 4.79 Å². The van der Waals surface area contributed by atoms with E-state index in [2.05, 4.69) is 15.6 Å². The van der Waals surface area contributed by atoms with Crippen LogP contribution in [-0.2, 0) is 17.8 Å².